The lowest BCUT2D eigenvalue weighted by Gasteiger charge is -2.32. The Bertz CT molecular complexity index is 394. The third-order valence-electron chi connectivity index (χ3n) is 3.91. The molecule has 0 radical (unpaired) electrons. The smallest absolute Gasteiger partial charge is 0.0718 e. The van der Waals surface area contributed by atoms with Gasteiger partial charge in [0.05, 0.1) is 18.8 Å². The van der Waals surface area contributed by atoms with Crippen LogP contribution >= 0.6 is 0 Å². The quantitative estimate of drug-likeness (QED) is 0.834. The monoisotopic (exact) mass is 252 g/mol. The first-order valence-corrected chi connectivity index (χ1v) is 6.66. The van der Waals surface area contributed by atoms with Crippen LogP contribution in [0.1, 0.15) is 17.0 Å². The molecule has 1 N–H and O–H groups in total. The van der Waals surface area contributed by atoms with E-state index in [9.17, 15) is 5.11 Å². The molecule has 0 amide bonds. The van der Waals surface area contributed by atoms with E-state index in [2.05, 4.69) is 21.9 Å². The number of aliphatic hydroxyl groups excluding tert-OH is 1. The lowest BCUT2D eigenvalue weighted by Crippen LogP contribution is -2.45. The highest BCUT2D eigenvalue weighted by Crippen LogP contribution is 2.12. The minimum atomic E-state index is 0.0895. The van der Waals surface area contributed by atoms with Gasteiger partial charge in [0.15, 0.2) is 0 Å². The van der Waals surface area contributed by atoms with Crippen LogP contribution in [0.15, 0.2) is 0 Å². The predicted octanol–water partition coefficient (Wildman–Crippen LogP) is 0.240. The van der Waals surface area contributed by atoms with Crippen LogP contribution in [0.3, 0.4) is 0 Å². The van der Waals surface area contributed by atoms with Gasteiger partial charge in [0.25, 0.3) is 0 Å². The minimum Gasteiger partial charge on any atom is -0.392 e. The van der Waals surface area contributed by atoms with Gasteiger partial charge in [-0.2, -0.15) is 5.10 Å². The number of hydrogen-bond donors (Lipinski definition) is 1. The average Bonchev–Trinajstić information content (AvgIpc) is 2.63. The molecule has 1 fully saturated rings. The van der Waals surface area contributed by atoms with Crippen molar-refractivity contribution in [2.75, 3.05) is 39.8 Å². The van der Waals surface area contributed by atoms with E-state index < -0.39 is 0 Å². The van der Waals surface area contributed by atoms with Crippen molar-refractivity contribution in [1.29, 1.82) is 0 Å². The van der Waals surface area contributed by atoms with Crippen LogP contribution in [0.25, 0.3) is 0 Å². The summed E-state index contributed by atoms with van der Waals surface area (Å²) in [6, 6.07) is 0. The van der Waals surface area contributed by atoms with E-state index in [4.69, 9.17) is 0 Å². The molecular formula is C13H24N4O. The Balaban J connectivity index is 1.90. The van der Waals surface area contributed by atoms with Crippen molar-refractivity contribution >= 4 is 0 Å². The zero-order chi connectivity index (χ0) is 13.1. The molecule has 0 atom stereocenters. The van der Waals surface area contributed by atoms with Crippen molar-refractivity contribution in [3.8, 4) is 0 Å². The van der Waals surface area contributed by atoms with Crippen molar-refractivity contribution in [2.24, 2.45) is 0 Å². The largest absolute Gasteiger partial charge is 0.392 e. The summed E-state index contributed by atoms with van der Waals surface area (Å²) in [5.41, 5.74) is 3.03. The molecule has 18 heavy (non-hydrogen) atoms. The molecule has 2 rings (SSSR count). The predicted molar refractivity (Wildman–Crippen MR) is 71.6 cm³/mol. The Hall–Kier alpha value is -0.910. The van der Waals surface area contributed by atoms with Crippen molar-refractivity contribution < 1.29 is 5.11 Å². The fourth-order valence-corrected chi connectivity index (χ4v) is 2.49. The van der Waals surface area contributed by atoms with Gasteiger partial charge >= 0.3 is 0 Å². The van der Waals surface area contributed by atoms with Crippen molar-refractivity contribution in [2.45, 2.75) is 27.0 Å². The molecule has 0 saturated carbocycles. The molecule has 0 bridgehead atoms. The standard InChI is InChI=1S/C13H24N4O/c1-11-13(10-18)12(2)17(14-11)9-8-16-6-4-15(3)5-7-16/h18H,4-10H2,1-3H3. The summed E-state index contributed by atoms with van der Waals surface area (Å²) in [5, 5.41) is 13.8. The van der Waals surface area contributed by atoms with Crippen LogP contribution in [0, 0.1) is 13.8 Å². The molecule has 0 unspecified atom stereocenters. The van der Waals surface area contributed by atoms with Crippen LogP contribution < -0.4 is 0 Å². The van der Waals surface area contributed by atoms with E-state index >= 15 is 0 Å². The summed E-state index contributed by atoms with van der Waals surface area (Å²) >= 11 is 0. The molecule has 0 aromatic carbocycles. The molecule has 0 aliphatic carbocycles. The first-order chi connectivity index (χ1) is 8.61. The molecule has 2 heterocycles. The summed E-state index contributed by atoms with van der Waals surface area (Å²) in [6.07, 6.45) is 0. The lowest BCUT2D eigenvalue weighted by molar-refractivity contribution is 0.148. The number of likely N-dealkylation sites (N-methyl/N-ethyl adjacent to an activating group) is 1. The summed E-state index contributed by atoms with van der Waals surface area (Å²) in [5.74, 6) is 0. The van der Waals surface area contributed by atoms with Gasteiger partial charge < -0.3 is 10.0 Å². The first kappa shape index (κ1) is 13.5. The van der Waals surface area contributed by atoms with Crippen LogP contribution in [-0.2, 0) is 13.2 Å². The van der Waals surface area contributed by atoms with Crippen molar-refractivity contribution in [3.05, 3.63) is 17.0 Å². The maximum atomic E-state index is 9.29. The van der Waals surface area contributed by atoms with Gasteiger partial charge in [0.1, 0.15) is 0 Å². The van der Waals surface area contributed by atoms with Gasteiger partial charge in [-0.1, -0.05) is 0 Å². The first-order valence-electron chi connectivity index (χ1n) is 6.66. The van der Waals surface area contributed by atoms with Gasteiger partial charge in [-0.05, 0) is 20.9 Å². The maximum Gasteiger partial charge on any atom is 0.0718 e. The Morgan fingerprint density at radius 2 is 1.78 bits per heavy atom. The van der Waals surface area contributed by atoms with Gasteiger partial charge in [-0.3, -0.25) is 9.58 Å². The Labute approximate surface area is 109 Å². The molecule has 1 aliphatic heterocycles. The van der Waals surface area contributed by atoms with E-state index in [-0.39, 0.29) is 6.61 Å². The zero-order valence-corrected chi connectivity index (χ0v) is 11.7. The van der Waals surface area contributed by atoms with E-state index in [0.29, 0.717) is 0 Å². The topological polar surface area (TPSA) is 44.5 Å². The number of hydrogen-bond acceptors (Lipinski definition) is 4. The van der Waals surface area contributed by atoms with Crippen LogP contribution in [0.4, 0.5) is 0 Å². The summed E-state index contributed by atoms with van der Waals surface area (Å²) in [6.45, 7) is 10.6. The number of aromatic nitrogens is 2. The lowest BCUT2D eigenvalue weighted by atomic mass is 10.2. The van der Waals surface area contributed by atoms with Crippen LogP contribution in [0.5, 0.6) is 0 Å². The molecule has 1 saturated heterocycles. The van der Waals surface area contributed by atoms with Crippen LogP contribution in [-0.4, -0.2) is 64.5 Å². The fourth-order valence-electron chi connectivity index (χ4n) is 2.49. The third-order valence-corrected chi connectivity index (χ3v) is 3.91. The molecule has 5 heteroatoms. The number of nitrogens with zero attached hydrogens (tertiary/aromatic N) is 4. The highest BCUT2D eigenvalue weighted by molar-refractivity contribution is 5.23. The molecular weight excluding hydrogens is 228 g/mol. The van der Waals surface area contributed by atoms with E-state index in [1.165, 1.54) is 0 Å². The van der Waals surface area contributed by atoms with E-state index in [1.54, 1.807) is 0 Å². The third kappa shape index (κ3) is 2.91. The Morgan fingerprint density at radius 3 is 2.33 bits per heavy atom. The number of piperazine rings is 1. The Morgan fingerprint density at radius 1 is 1.11 bits per heavy atom. The van der Waals surface area contributed by atoms with Gasteiger partial charge in [-0.15, -0.1) is 0 Å². The average molecular weight is 252 g/mol. The second kappa shape index (κ2) is 5.82. The number of aryl methyl sites for hydroxylation is 1. The Kier molecular flexibility index (Phi) is 4.37. The second-order valence-electron chi connectivity index (χ2n) is 5.18. The SMILES string of the molecule is Cc1nn(CCN2CCN(C)CC2)c(C)c1CO. The maximum absolute atomic E-state index is 9.29. The fraction of sp³-hybridized carbons (Fsp3) is 0.769. The van der Waals surface area contributed by atoms with Crippen LogP contribution in [0.2, 0.25) is 0 Å². The van der Waals surface area contributed by atoms with Gasteiger partial charge in [-0.25, -0.2) is 0 Å². The molecule has 5 nitrogen and oxygen atoms in total. The normalized spacial score (nSPS) is 18.4. The second-order valence-corrected chi connectivity index (χ2v) is 5.18. The molecule has 102 valence electrons. The summed E-state index contributed by atoms with van der Waals surface area (Å²) < 4.78 is 2.03. The molecule has 0 spiro atoms. The van der Waals surface area contributed by atoms with Crippen molar-refractivity contribution in [1.82, 2.24) is 19.6 Å². The van der Waals surface area contributed by atoms with Crippen molar-refractivity contribution in [3.63, 3.8) is 0 Å². The summed E-state index contributed by atoms with van der Waals surface area (Å²) in [7, 11) is 2.17. The summed E-state index contributed by atoms with van der Waals surface area (Å²) in [4.78, 5) is 4.85. The van der Waals surface area contributed by atoms with E-state index in [0.717, 1.165) is 56.2 Å². The molecule has 1 aromatic heterocycles. The zero-order valence-electron chi connectivity index (χ0n) is 11.7. The number of aliphatic hydroxyl groups is 1. The van der Waals surface area contributed by atoms with Gasteiger partial charge in [0, 0.05) is 44.0 Å². The highest BCUT2D eigenvalue weighted by Gasteiger charge is 2.15. The minimum absolute atomic E-state index is 0.0895. The van der Waals surface area contributed by atoms with E-state index in [1.807, 2.05) is 18.5 Å². The number of rotatable bonds is 4. The molecule has 1 aliphatic rings. The molecule has 1 aromatic rings. The highest BCUT2D eigenvalue weighted by atomic mass is 16.3. The van der Waals surface area contributed by atoms with Gasteiger partial charge in [0.2, 0.25) is 0 Å².